The van der Waals surface area contributed by atoms with E-state index < -0.39 is 14.8 Å². The largest absolute Gasteiger partial charge is 0.278 e. The molecule has 2 rings (SSSR count). The van der Waals surface area contributed by atoms with Gasteiger partial charge in [0.2, 0.25) is 0 Å². The lowest BCUT2D eigenvalue weighted by atomic mass is 10.2. The summed E-state index contributed by atoms with van der Waals surface area (Å²) in [5.41, 5.74) is -0.0743. The van der Waals surface area contributed by atoms with Crippen molar-refractivity contribution in [3.05, 3.63) is 40.6 Å². The van der Waals surface area contributed by atoms with Crippen LogP contribution in [0.4, 0.5) is 5.69 Å². The highest BCUT2D eigenvalue weighted by Gasteiger charge is 2.22. The van der Waals surface area contributed by atoms with Crippen LogP contribution in [0.15, 0.2) is 35.4 Å². The van der Waals surface area contributed by atoms with Crippen LogP contribution in [-0.4, -0.2) is 30.0 Å². The molecule has 0 aliphatic heterocycles. The number of nitro groups is 1. The molecule has 6 nitrogen and oxygen atoms in total. The van der Waals surface area contributed by atoms with Crippen LogP contribution in [0.25, 0.3) is 10.9 Å². The van der Waals surface area contributed by atoms with Crippen molar-refractivity contribution >= 4 is 38.0 Å². The van der Waals surface area contributed by atoms with Crippen molar-refractivity contribution in [1.82, 2.24) is 4.98 Å². The van der Waals surface area contributed by atoms with Crippen molar-refractivity contribution in [2.75, 3.05) is 11.6 Å². The Morgan fingerprint density at radius 2 is 2.05 bits per heavy atom. The van der Waals surface area contributed by atoms with Crippen LogP contribution < -0.4 is 0 Å². The molecule has 1 aromatic heterocycles. The van der Waals surface area contributed by atoms with E-state index in [1.54, 1.807) is 0 Å². The highest BCUT2D eigenvalue weighted by molar-refractivity contribution is 7.91. The van der Waals surface area contributed by atoms with E-state index in [4.69, 9.17) is 11.6 Å². The predicted octanol–water partition coefficient (Wildman–Crippen LogP) is 2.16. The molecule has 1 heterocycles. The number of hydrogen-bond acceptors (Lipinski definition) is 5. The summed E-state index contributed by atoms with van der Waals surface area (Å²) in [6, 6.07) is 5.37. The van der Waals surface area contributed by atoms with Crippen LogP contribution in [0.2, 0.25) is 0 Å². The Morgan fingerprint density at radius 1 is 1.32 bits per heavy atom. The van der Waals surface area contributed by atoms with Gasteiger partial charge in [0.1, 0.15) is 0 Å². The van der Waals surface area contributed by atoms with Gasteiger partial charge < -0.3 is 0 Å². The molecule has 0 saturated carbocycles. The fourth-order valence-electron chi connectivity index (χ4n) is 1.75. The molecule has 0 saturated heterocycles. The fourth-order valence-corrected chi connectivity index (χ4v) is 3.52. The minimum atomic E-state index is -3.60. The van der Waals surface area contributed by atoms with Gasteiger partial charge in [-0.3, -0.25) is 15.1 Å². The van der Waals surface area contributed by atoms with Crippen molar-refractivity contribution in [1.29, 1.82) is 0 Å². The van der Waals surface area contributed by atoms with Crippen LogP contribution in [0, 0.1) is 10.1 Å². The van der Waals surface area contributed by atoms with Gasteiger partial charge in [0.05, 0.1) is 26.5 Å². The van der Waals surface area contributed by atoms with Gasteiger partial charge in [0.25, 0.3) is 5.69 Å². The summed E-state index contributed by atoms with van der Waals surface area (Å²) in [7, 11) is -3.60. The molecule has 0 radical (unpaired) electrons. The maximum Gasteiger partial charge on any atom is 0.278 e. The molecular weight excluding hydrogens is 292 g/mol. The van der Waals surface area contributed by atoms with Crippen molar-refractivity contribution in [3.63, 3.8) is 0 Å². The van der Waals surface area contributed by atoms with E-state index in [1.807, 2.05) is 0 Å². The third-order valence-corrected chi connectivity index (χ3v) is 4.74. The number of nitro benzene ring substituents is 1. The van der Waals surface area contributed by atoms with Crippen molar-refractivity contribution in [2.24, 2.45) is 0 Å². The van der Waals surface area contributed by atoms with E-state index in [-0.39, 0.29) is 33.1 Å². The number of fused-ring (bicyclic) bond motifs is 1. The molecule has 0 aliphatic rings. The Labute approximate surface area is 114 Å². The number of non-ortho nitro benzene ring substituents is 1. The number of benzene rings is 1. The van der Waals surface area contributed by atoms with Crippen molar-refractivity contribution in [3.8, 4) is 0 Å². The molecule has 0 amide bonds. The fraction of sp³-hybridized carbons (Fsp3) is 0.182. The predicted molar refractivity (Wildman–Crippen MR) is 71.2 cm³/mol. The standard InChI is InChI=1S/C11H9ClN2O4S/c12-5-7-19(17,18)10-4-3-9(14(15)16)8-2-1-6-13-11(8)10/h1-4,6H,5,7H2. The summed E-state index contributed by atoms with van der Waals surface area (Å²) in [5, 5.41) is 11.1. The quantitative estimate of drug-likeness (QED) is 0.490. The first-order valence-corrected chi connectivity index (χ1v) is 7.47. The van der Waals surface area contributed by atoms with Gasteiger partial charge in [-0.2, -0.15) is 0 Å². The van der Waals surface area contributed by atoms with Crippen LogP contribution in [0.5, 0.6) is 0 Å². The van der Waals surface area contributed by atoms with Gasteiger partial charge in [-0.1, -0.05) is 0 Å². The Morgan fingerprint density at radius 3 is 2.68 bits per heavy atom. The van der Waals surface area contributed by atoms with Gasteiger partial charge in [-0.25, -0.2) is 8.42 Å². The van der Waals surface area contributed by atoms with Gasteiger partial charge in [0, 0.05) is 18.1 Å². The average molecular weight is 301 g/mol. The lowest BCUT2D eigenvalue weighted by Crippen LogP contribution is -2.09. The third kappa shape index (κ3) is 2.52. The minimum absolute atomic E-state index is 0.0330. The maximum absolute atomic E-state index is 12.0. The lowest BCUT2D eigenvalue weighted by molar-refractivity contribution is -0.383. The van der Waals surface area contributed by atoms with E-state index in [2.05, 4.69) is 4.98 Å². The van der Waals surface area contributed by atoms with E-state index in [1.165, 1.54) is 30.5 Å². The molecule has 0 atom stereocenters. The average Bonchev–Trinajstić information content (AvgIpc) is 2.37. The van der Waals surface area contributed by atoms with Crippen molar-refractivity contribution < 1.29 is 13.3 Å². The zero-order chi connectivity index (χ0) is 14.0. The summed E-state index contributed by atoms with van der Waals surface area (Å²) >= 11 is 5.46. The summed E-state index contributed by atoms with van der Waals surface area (Å²) in [6.07, 6.45) is 1.39. The van der Waals surface area contributed by atoms with E-state index >= 15 is 0 Å². The Balaban J connectivity index is 2.80. The smallest absolute Gasteiger partial charge is 0.258 e. The molecular formula is C11H9ClN2O4S. The van der Waals surface area contributed by atoms with Gasteiger partial charge in [0.15, 0.2) is 9.84 Å². The second-order valence-corrected chi connectivity index (χ2v) is 6.20. The monoisotopic (exact) mass is 300 g/mol. The first kappa shape index (κ1) is 13.7. The highest BCUT2D eigenvalue weighted by Crippen LogP contribution is 2.29. The maximum atomic E-state index is 12.0. The summed E-state index contributed by atoms with van der Waals surface area (Å²) in [4.78, 5) is 14.3. The van der Waals surface area contributed by atoms with Crippen LogP contribution in [0.3, 0.4) is 0 Å². The number of halogens is 1. The Hall–Kier alpha value is -1.73. The number of sulfone groups is 1. The van der Waals surface area contributed by atoms with Crippen LogP contribution >= 0.6 is 11.6 Å². The number of nitrogens with zero attached hydrogens (tertiary/aromatic N) is 2. The second kappa shape index (κ2) is 5.10. The highest BCUT2D eigenvalue weighted by atomic mass is 35.5. The molecule has 8 heteroatoms. The third-order valence-electron chi connectivity index (χ3n) is 2.59. The number of hydrogen-bond donors (Lipinski definition) is 0. The molecule has 0 unspecified atom stereocenters. The molecule has 0 bridgehead atoms. The first-order valence-electron chi connectivity index (χ1n) is 5.28. The Kier molecular flexibility index (Phi) is 3.68. The summed E-state index contributed by atoms with van der Waals surface area (Å²) in [6.45, 7) is 0. The van der Waals surface area contributed by atoms with Gasteiger partial charge in [-0.05, 0) is 18.2 Å². The van der Waals surface area contributed by atoms with Crippen LogP contribution in [0.1, 0.15) is 0 Å². The number of rotatable bonds is 4. The van der Waals surface area contributed by atoms with Gasteiger partial charge >= 0.3 is 0 Å². The number of alkyl halides is 1. The summed E-state index contributed by atoms with van der Waals surface area (Å²) < 4.78 is 24.1. The molecule has 2 aromatic rings. The number of aromatic nitrogens is 1. The SMILES string of the molecule is O=[N+]([O-])c1ccc(S(=O)(=O)CCCl)c2ncccc12. The Bertz CT molecular complexity index is 745. The first-order chi connectivity index (χ1) is 8.97. The van der Waals surface area contributed by atoms with E-state index in [9.17, 15) is 18.5 Å². The second-order valence-electron chi connectivity index (χ2n) is 3.75. The number of pyridine rings is 1. The zero-order valence-corrected chi connectivity index (χ0v) is 11.2. The van der Waals surface area contributed by atoms with Gasteiger partial charge in [-0.15, -0.1) is 11.6 Å². The summed E-state index contributed by atoms with van der Waals surface area (Å²) in [5.74, 6) is -0.286. The molecule has 1 aromatic carbocycles. The molecule has 0 fully saturated rings. The van der Waals surface area contributed by atoms with Crippen molar-refractivity contribution in [2.45, 2.75) is 4.90 Å². The van der Waals surface area contributed by atoms with E-state index in [0.29, 0.717) is 0 Å². The lowest BCUT2D eigenvalue weighted by Gasteiger charge is -2.06. The molecule has 0 aliphatic carbocycles. The normalized spacial score (nSPS) is 11.6. The zero-order valence-electron chi connectivity index (χ0n) is 9.61. The topological polar surface area (TPSA) is 90.2 Å². The van der Waals surface area contributed by atoms with Crippen LogP contribution in [-0.2, 0) is 9.84 Å². The molecule has 100 valence electrons. The molecule has 0 N–H and O–H groups in total. The minimum Gasteiger partial charge on any atom is -0.258 e. The molecule has 19 heavy (non-hydrogen) atoms. The molecule has 0 spiro atoms. The van der Waals surface area contributed by atoms with E-state index in [0.717, 1.165) is 0 Å².